The topological polar surface area (TPSA) is 72.2 Å². The number of alkyl halides is 3. The van der Waals surface area contributed by atoms with E-state index >= 15 is 0 Å². The summed E-state index contributed by atoms with van der Waals surface area (Å²) in [5.41, 5.74) is 4.56. The van der Waals surface area contributed by atoms with Crippen LogP contribution in [-0.4, -0.2) is 20.5 Å². The zero-order chi connectivity index (χ0) is 16.5. The highest BCUT2D eigenvalue weighted by atomic mass is 35.5. The Morgan fingerprint density at radius 3 is 2.39 bits per heavy atom. The molecule has 4 nitrogen and oxygen atoms in total. The maximum atomic E-state index is 13.0. The van der Waals surface area contributed by atoms with Crippen LogP contribution < -0.4 is 10.5 Å². The molecular formula is C13H17Cl2F3N2O2S. The average Bonchev–Trinajstić information content (AvgIpc) is 2.39. The fourth-order valence-electron chi connectivity index (χ4n) is 2.57. The van der Waals surface area contributed by atoms with Crippen LogP contribution in [0.5, 0.6) is 0 Å². The van der Waals surface area contributed by atoms with Gasteiger partial charge in [-0.2, -0.15) is 13.2 Å². The van der Waals surface area contributed by atoms with Crippen molar-refractivity contribution in [2.45, 2.75) is 48.8 Å². The Kier molecular flexibility index (Phi) is 6.74. The molecule has 0 aromatic heterocycles. The van der Waals surface area contributed by atoms with Gasteiger partial charge >= 0.3 is 6.18 Å². The van der Waals surface area contributed by atoms with Crippen LogP contribution in [0.1, 0.15) is 31.2 Å². The first kappa shape index (κ1) is 20.5. The van der Waals surface area contributed by atoms with Crippen molar-refractivity contribution in [3.63, 3.8) is 0 Å². The number of hydrogen-bond acceptors (Lipinski definition) is 3. The van der Waals surface area contributed by atoms with Crippen LogP contribution in [0.2, 0.25) is 5.02 Å². The van der Waals surface area contributed by atoms with Crippen LogP contribution in [0, 0.1) is 0 Å². The van der Waals surface area contributed by atoms with Crippen molar-refractivity contribution < 1.29 is 21.6 Å². The van der Waals surface area contributed by atoms with Gasteiger partial charge in [-0.15, -0.1) is 12.4 Å². The lowest BCUT2D eigenvalue weighted by Gasteiger charge is -2.29. The standard InChI is InChI=1S/C13H16ClF3N2O2S.ClH/c14-9-5-3-4-8(13(15,16)17)12(9)22(20,21)19-11-7-2-1-6-10(11)18;/h3-5,10-11,19H,1-2,6-7,18H2;1H/t10-,11-;/m1./s1. The number of nitrogens with one attached hydrogen (secondary N) is 1. The quantitative estimate of drug-likeness (QED) is 0.828. The summed E-state index contributed by atoms with van der Waals surface area (Å²) in [4.78, 5) is -0.943. The molecule has 0 heterocycles. The van der Waals surface area contributed by atoms with Gasteiger partial charge in [-0.25, -0.2) is 13.1 Å². The van der Waals surface area contributed by atoms with Crippen LogP contribution in [0.3, 0.4) is 0 Å². The lowest BCUT2D eigenvalue weighted by atomic mass is 9.92. The number of halogens is 5. The van der Waals surface area contributed by atoms with Gasteiger partial charge in [0, 0.05) is 12.1 Å². The summed E-state index contributed by atoms with van der Waals surface area (Å²) in [7, 11) is -4.42. The molecule has 1 aromatic rings. The molecule has 1 aliphatic rings. The molecule has 1 fully saturated rings. The van der Waals surface area contributed by atoms with Gasteiger partial charge in [-0.3, -0.25) is 0 Å². The van der Waals surface area contributed by atoms with Gasteiger partial charge in [0.15, 0.2) is 0 Å². The minimum absolute atomic E-state index is 0. The van der Waals surface area contributed by atoms with Gasteiger partial charge in [0.05, 0.1) is 10.6 Å². The Bertz CT molecular complexity index is 653. The van der Waals surface area contributed by atoms with Gasteiger partial charge in [0.25, 0.3) is 0 Å². The molecule has 0 saturated heterocycles. The molecule has 1 saturated carbocycles. The smallest absolute Gasteiger partial charge is 0.326 e. The summed E-state index contributed by atoms with van der Waals surface area (Å²) in [5.74, 6) is 0. The second-order valence-corrected chi connectivity index (χ2v) is 7.35. The van der Waals surface area contributed by atoms with Crippen LogP contribution in [-0.2, 0) is 16.2 Å². The van der Waals surface area contributed by atoms with E-state index in [9.17, 15) is 21.6 Å². The molecule has 0 spiro atoms. The summed E-state index contributed by atoms with van der Waals surface area (Å²) in [6.07, 6.45) is -2.05. The SMILES string of the molecule is Cl.N[C@@H]1CCCC[C@H]1NS(=O)(=O)c1c(Cl)cccc1C(F)(F)F. The van der Waals surface area contributed by atoms with Crippen molar-refractivity contribution in [2.75, 3.05) is 0 Å². The number of nitrogens with two attached hydrogens (primary N) is 1. The first-order valence-electron chi connectivity index (χ1n) is 6.76. The lowest BCUT2D eigenvalue weighted by molar-refractivity contribution is -0.139. The molecule has 132 valence electrons. The van der Waals surface area contributed by atoms with Gasteiger partial charge in [-0.1, -0.05) is 30.5 Å². The third-order valence-corrected chi connectivity index (χ3v) is 5.68. The second-order valence-electron chi connectivity index (χ2n) is 5.29. The molecule has 0 aliphatic heterocycles. The van der Waals surface area contributed by atoms with E-state index in [1.165, 1.54) is 0 Å². The second kappa shape index (κ2) is 7.57. The van der Waals surface area contributed by atoms with E-state index < -0.39 is 43.8 Å². The first-order valence-corrected chi connectivity index (χ1v) is 8.62. The van der Waals surface area contributed by atoms with Crippen molar-refractivity contribution in [2.24, 2.45) is 5.73 Å². The predicted octanol–water partition coefficient (Wildman–Crippen LogP) is 3.33. The van der Waals surface area contributed by atoms with Crippen LogP contribution in [0.25, 0.3) is 0 Å². The van der Waals surface area contributed by atoms with Gasteiger partial charge in [-0.05, 0) is 25.0 Å². The molecule has 0 radical (unpaired) electrons. The predicted molar refractivity (Wildman–Crippen MR) is 84.3 cm³/mol. The maximum absolute atomic E-state index is 13.0. The molecule has 3 N–H and O–H groups in total. The van der Waals surface area contributed by atoms with E-state index in [4.69, 9.17) is 17.3 Å². The number of sulfonamides is 1. The molecule has 0 bridgehead atoms. The van der Waals surface area contributed by atoms with Crippen molar-refractivity contribution in [1.82, 2.24) is 4.72 Å². The summed E-state index contributed by atoms with van der Waals surface area (Å²) < 4.78 is 66.2. The largest absolute Gasteiger partial charge is 0.417 e. The van der Waals surface area contributed by atoms with Gasteiger partial charge < -0.3 is 5.73 Å². The maximum Gasteiger partial charge on any atom is 0.417 e. The Balaban J connectivity index is 0.00000264. The molecule has 2 atom stereocenters. The van der Waals surface area contributed by atoms with E-state index in [-0.39, 0.29) is 12.4 Å². The summed E-state index contributed by atoms with van der Waals surface area (Å²) in [5, 5.41) is -0.466. The average molecular weight is 393 g/mol. The van der Waals surface area contributed by atoms with E-state index in [0.717, 1.165) is 25.0 Å². The van der Waals surface area contributed by atoms with Crippen LogP contribution >= 0.6 is 24.0 Å². The highest BCUT2D eigenvalue weighted by Gasteiger charge is 2.39. The van der Waals surface area contributed by atoms with Crippen molar-refractivity contribution in [1.29, 1.82) is 0 Å². The van der Waals surface area contributed by atoms with E-state index in [1.54, 1.807) is 0 Å². The summed E-state index contributed by atoms with van der Waals surface area (Å²) >= 11 is 5.72. The molecule has 1 aromatic carbocycles. The van der Waals surface area contributed by atoms with Crippen molar-refractivity contribution in [3.8, 4) is 0 Å². The zero-order valence-electron chi connectivity index (χ0n) is 11.9. The monoisotopic (exact) mass is 392 g/mol. The summed E-state index contributed by atoms with van der Waals surface area (Å²) in [6.45, 7) is 0. The minimum atomic E-state index is -4.82. The third-order valence-electron chi connectivity index (χ3n) is 3.67. The van der Waals surface area contributed by atoms with E-state index in [2.05, 4.69) is 4.72 Å². The Hall–Kier alpha value is -0.540. The highest BCUT2D eigenvalue weighted by molar-refractivity contribution is 7.89. The normalized spacial score (nSPS) is 22.5. The first-order chi connectivity index (χ1) is 10.1. The lowest BCUT2D eigenvalue weighted by Crippen LogP contribution is -2.49. The molecule has 0 unspecified atom stereocenters. The Morgan fingerprint density at radius 2 is 1.83 bits per heavy atom. The van der Waals surface area contributed by atoms with Crippen molar-refractivity contribution in [3.05, 3.63) is 28.8 Å². The van der Waals surface area contributed by atoms with Crippen LogP contribution in [0.4, 0.5) is 13.2 Å². The number of hydrogen-bond donors (Lipinski definition) is 2. The van der Waals surface area contributed by atoms with E-state index in [1.807, 2.05) is 0 Å². The summed E-state index contributed by atoms with van der Waals surface area (Å²) in [6, 6.07) is 1.88. The Labute approximate surface area is 144 Å². The Morgan fingerprint density at radius 1 is 1.22 bits per heavy atom. The molecule has 0 amide bonds. The van der Waals surface area contributed by atoms with Gasteiger partial charge in [0.2, 0.25) is 10.0 Å². The molecular weight excluding hydrogens is 376 g/mol. The number of benzene rings is 1. The highest BCUT2D eigenvalue weighted by Crippen LogP contribution is 2.37. The van der Waals surface area contributed by atoms with Crippen molar-refractivity contribution >= 4 is 34.0 Å². The molecule has 23 heavy (non-hydrogen) atoms. The van der Waals surface area contributed by atoms with Gasteiger partial charge in [0.1, 0.15) is 4.90 Å². The third kappa shape index (κ3) is 4.73. The molecule has 2 rings (SSSR count). The fraction of sp³-hybridized carbons (Fsp3) is 0.538. The zero-order valence-corrected chi connectivity index (χ0v) is 14.3. The fourth-order valence-corrected chi connectivity index (χ4v) is 4.66. The molecule has 1 aliphatic carbocycles. The number of rotatable bonds is 3. The molecule has 10 heteroatoms. The minimum Gasteiger partial charge on any atom is -0.326 e. The van der Waals surface area contributed by atoms with Crippen LogP contribution in [0.15, 0.2) is 23.1 Å². The van der Waals surface area contributed by atoms with E-state index in [0.29, 0.717) is 18.9 Å².